The molecule has 0 atom stereocenters. The molecule has 0 unspecified atom stereocenters. The zero-order valence-electron chi connectivity index (χ0n) is 14.9. The van der Waals surface area contributed by atoms with Gasteiger partial charge in [0.2, 0.25) is 0 Å². The fourth-order valence-corrected chi connectivity index (χ4v) is 1.18. The molecule has 0 aromatic carbocycles. The average molecular weight is 354 g/mol. The Labute approximate surface area is 189 Å². The van der Waals surface area contributed by atoms with E-state index in [1.54, 1.807) is 0 Å². The summed E-state index contributed by atoms with van der Waals surface area (Å²) >= 11 is 0. The third-order valence-corrected chi connectivity index (χ3v) is 2.17. The van der Waals surface area contributed by atoms with Gasteiger partial charge in [0.25, 0.3) is 0 Å². The van der Waals surface area contributed by atoms with Crippen LogP contribution in [0.25, 0.3) is 0 Å². The van der Waals surface area contributed by atoms with Crippen molar-refractivity contribution in [3.63, 3.8) is 0 Å². The van der Waals surface area contributed by atoms with E-state index >= 15 is 0 Å². The van der Waals surface area contributed by atoms with Crippen LogP contribution in [0.15, 0.2) is 68.4 Å². The number of hydrogen-bond acceptors (Lipinski definition) is 9. The van der Waals surface area contributed by atoms with E-state index in [4.69, 9.17) is 0 Å². The van der Waals surface area contributed by atoms with E-state index in [9.17, 15) is 29.7 Å². The van der Waals surface area contributed by atoms with Crippen LogP contribution in [0.1, 0.15) is 31.7 Å². The van der Waals surface area contributed by atoms with Gasteiger partial charge in [-0.3, -0.25) is 0 Å². The molecule has 0 saturated carbocycles. The molecule has 0 aliphatic carbocycles. The van der Waals surface area contributed by atoms with Gasteiger partial charge in [0.05, 0.1) is 18.8 Å². The summed E-state index contributed by atoms with van der Waals surface area (Å²) in [5.74, 6) is -4.25. The Morgan fingerprint density at radius 1 is 0.556 bits per heavy atom. The van der Waals surface area contributed by atoms with Gasteiger partial charge in [0.1, 0.15) is 35.2 Å². The van der Waals surface area contributed by atoms with E-state index in [2.05, 4.69) is 13.3 Å². The van der Waals surface area contributed by atoms with Crippen LogP contribution in [0, 0.1) is 0 Å². The van der Waals surface area contributed by atoms with Crippen molar-refractivity contribution in [2.24, 2.45) is 0 Å². The molecule has 0 radical (unpaired) electrons. The summed E-state index contributed by atoms with van der Waals surface area (Å²) in [5.41, 5.74) is 0. The molecule has 0 amide bonds. The van der Waals surface area contributed by atoms with Crippen molar-refractivity contribution in [1.82, 2.24) is 0 Å². The molecule has 27 heavy (non-hydrogen) atoms. The first kappa shape index (κ1) is 29.8. The Morgan fingerprint density at radius 2 is 0.778 bits per heavy atom. The standard InChI is InChI=1S/3C5H4O3.3Li/c3*6-5(7)4-2-1-3-8-4;;;/h3*1-3H,(H,6,7);;;/q;;;3*+1/p-3. The van der Waals surface area contributed by atoms with Crippen molar-refractivity contribution in [1.29, 1.82) is 0 Å². The van der Waals surface area contributed by atoms with Gasteiger partial charge in [-0.15, -0.1) is 0 Å². The van der Waals surface area contributed by atoms with Crippen molar-refractivity contribution >= 4 is 17.9 Å². The first-order chi connectivity index (χ1) is 11.4. The van der Waals surface area contributed by atoms with Crippen molar-refractivity contribution in [2.75, 3.05) is 0 Å². The molecule has 0 aliphatic rings. The minimum Gasteiger partial charge on any atom is -0.542 e. The third kappa shape index (κ3) is 12.1. The SMILES string of the molecule is O=C([O-])c1ccco1.O=C([O-])c1ccco1.O=C([O-])c1ccco1.[Li+].[Li+].[Li+]. The first-order valence-electron chi connectivity index (χ1n) is 6.16. The van der Waals surface area contributed by atoms with Crippen molar-refractivity contribution < 1.29 is 99.5 Å². The minimum absolute atomic E-state index is 0. The van der Waals surface area contributed by atoms with Crippen LogP contribution in [-0.4, -0.2) is 17.9 Å². The number of hydrogen-bond donors (Lipinski definition) is 0. The van der Waals surface area contributed by atoms with Gasteiger partial charge < -0.3 is 43.0 Å². The molecule has 3 aromatic heterocycles. The van der Waals surface area contributed by atoms with Gasteiger partial charge in [-0.25, -0.2) is 0 Å². The molecular weight excluding hydrogens is 345 g/mol. The molecule has 12 heteroatoms. The topological polar surface area (TPSA) is 160 Å². The third-order valence-electron chi connectivity index (χ3n) is 2.17. The monoisotopic (exact) mass is 354 g/mol. The van der Waals surface area contributed by atoms with E-state index in [0.717, 1.165) is 0 Å². The number of carboxylic acid groups (broad SMARTS) is 3. The molecule has 0 spiro atoms. The van der Waals surface area contributed by atoms with Crippen LogP contribution in [0.5, 0.6) is 0 Å². The van der Waals surface area contributed by atoms with Crippen molar-refractivity contribution in [2.45, 2.75) is 0 Å². The molecule has 9 nitrogen and oxygen atoms in total. The summed E-state index contributed by atoms with van der Waals surface area (Å²) in [5, 5.41) is 29.6. The van der Waals surface area contributed by atoms with E-state index in [-0.39, 0.29) is 73.9 Å². The maximum Gasteiger partial charge on any atom is 1.00 e. The van der Waals surface area contributed by atoms with Gasteiger partial charge in [-0.2, -0.15) is 0 Å². The minimum atomic E-state index is -1.28. The van der Waals surface area contributed by atoms with Crippen LogP contribution in [0.3, 0.4) is 0 Å². The predicted octanol–water partition coefficient (Wildman–Crippen LogP) is -10.1. The normalized spacial score (nSPS) is 8.00. The molecule has 3 aromatic rings. The largest absolute Gasteiger partial charge is 1.00 e. The molecule has 3 heterocycles. The molecular formula is C15H9Li3O9. The molecule has 0 fully saturated rings. The quantitative estimate of drug-likeness (QED) is 0.416. The Hall–Kier alpha value is -1.96. The Bertz CT molecular complexity index is 645. The molecule has 0 N–H and O–H groups in total. The van der Waals surface area contributed by atoms with Crippen LogP contribution in [0.4, 0.5) is 0 Å². The summed E-state index contributed by atoms with van der Waals surface area (Å²) in [7, 11) is 0. The fraction of sp³-hybridized carbons (Fsp3) is 0. The first-order valence-corrected chi connectivity index (χ1v) is 6.16. The Balaban J connectivity index is -0.000000303. The number of furan rings is 3. The van der Waals surface area contributed by atoms with Gasteiger partial charge in [-0.05, 0) is 36.4 Å². The summed E-state index contributed by atoms with van der Waals surface area (Å²) in [6, 6.07) is 8.46. The Morgan fingerprint density at radius 3 is 0.852 bits per heavy atom. The Kier molecular flexibility index (Phi) is 17.9. The van der Waals surface area contributed by atoms with Crippen LogP contribution in [-0.2, 0) is 0 Å². The second-order valence-electron chi connectivity index (χ2n) is 3.79. The van der Waals surface area contributed by atoms with Gasteiger partial charge in [-0.1, -0.05) is 0 Å². The number of carbonyl (C=O) groups is 3. The second kappa shape index (κ2) is 16.2. The number of aromatic carboxylic acids is 3. The van der Waals surface area contributed by atoms with Crippen molar-refractivity contribution in [3.05, 3.63) is 72.5 Å². The van der Waals surface area contributed by atoms with E-state index < -0.39 is 17.9 Å². The van der Waals surface area contributed by atoms with E-state index in [1.165, 1.54) is 55.2 Å². The summed E-state index contributed by atoms with van der Waals surface area (Å²) in [6.07, 6.45) is 3.85. The number of rotatable bonds is 3. The number of carbonyl (C=O) groups excluding carboxylic acids is 3. The molecule has 3 rings (SSSR count). The predicted molar refractivity (Wildman–Crippen MR) is 69.1 cm³/mol. The van der Waals surface area contributed by atoms with Gasteiger partial charge >= 0.3 is 56.6 Å². The second-order valence-corrected chi connectivity index (χ2v) is 3.79. The summed E-state index contributed by atoms with van der Waals surface area (Å²) in [6.45, 7) is 0. The molecule has 126 valence electrons. The summed E-state index contributed by atoms with van der Waals surface area (Å²) in [4.78, 5) is 29.6. The molecule has 0 saturated heterocycles. The maximum absolute atomic E-state index is 9.86. The molecule has 0 aliphatic heterocycles. The van der Waals surface area contributed by atoms with E-state index in [1.807, 2.05) is 0 Å². The van der Waals surface area contributed by atoms with Crippen LogP contribution >= 0.6 is 0 Å². The number of carboxylic acids is 3. The smallest absolute Gasteiger partial charge is 0.542 e. The van der Waals surface area contributed by atoms with Gasteiger partial charge in [0, 0.05) is 0 Å². The fourth-order valence-electron chi connectivity index (χ4n) is 1.18. The van der Waals surface area contributed by atoms with Crippen LogP contribution < -0.4 is 71.9 Å². The average Bonchev–Trinajstić information content (AvgIpc) is 3.29. The maximum atomic E-state index is 9.86. The van der Waals surface area contributed by atoms with Crippen molar-refractivity contribution in [3.8, 4) is 0 Å². The van der Waals surface area contributed by atoms with E-state index in [0.29, 0.717) is 0 Å². The molecule has 0 bridgehead atoms. The zero-order chi connectivity index (χ0) is 17.9. The zero-order valence-corrected chi connectivity index (χ0v) is 14.9. The summed E-state index contributed by atoms with van der Waals surface area (Å²) < 4.78 is 13.3. The van der Waals surface area contributed by atoms with Crippen LogP contribution in [0.2, 0.25) is 0 Å². The van der Waals surface area contributed by atoms with Gasteiger partial charge in [0.15, 0.2) is 0 Å².